The van der Waals surface area contributed by atoms with E-state index in [0.717, 1.165) is 6.07 Å². The summed E-state index contributed by atoms with van der Waals surface area (Å²) < 4.78 is 10.0. The quantitative estimate of drug-likeness (QED) is 0.719. The summed E-state index contributed by atoms with van der Waals surface area (Å²) in [4.78, 5) is 23.0. The highest BCUT2D eigenvalue weighted by molar-refractivity contribution is 5.88. The maximum Gasteiger partial charge on any atom is 0.374 e. The SMILES string of the molecule is CCOC(=O)c1cc(=O)c2cc[c]cc2o1. The van der Waals surface area contributed by atoms with Crippen molar-refractivity contribution in [2.24, 2.45) is 0 Å². The van der Waals surface area contributed by atoms with E-state index in [-0.39, 0.29) is 17.8 Å². The zero-order chi connectivity index (χ0) is 11.5. The van der Waals surface area contributed by atoms with E-state index >= 15 is 0 Å². The second kappa shape index (κ2) is 4.18. The molecule has 0 saturated heterocycles. The molecule has 16 heavy (non-hydrogen) atoms. The average molecular weight is 217 g/mol. The molecule has 0 aliphatic heterocycles. The minimum Gasteiger partial charge on any atom is -0.460 e. The van der Waals surface area contributed by atoms with Gasteiger partial charge in [-0.25, -0.2) is 4.79 Å². The molecular formula is C12H9O4. The summed E-state index contributed by atoms with van der Waals surface area (Å²) in [6.45, 7) is 1.92. The number of ether oxygens (including phenoxy) is 1. The second-order valence-electron chi connectivity index (χ2n) is 3.12. The van der Waals surface area contributed by atoms with Gasteiger partial charge in [-0.3, -0.25) is 4.79 Å². The lowest BCUT2D eigenvalue weighted by atomic mass is 10.2. The molecular weight excluding hydrogens is 208 g/mol. The Morgan fingerprint density at radius 2 is 2.38 bits per heavy atom. The maximum atomic E-state index is 11.6. The Morgan fingerprint density at radius 3 is 3.12 bits per heavy atom. The first-order valence-corrected chi connectivity index (χ1v) is 4.83. The van der Waals surface area contributed by atoms with Crippen LogP contribution in [0.25, 0.3) is 11.0 Å². The molecule has 81 valence electrons. The fraction of sp³-hybridized carbons (Fsp3) is 0.167. The minimum absolute atomic E-state index is 0.0843. The van der Waals surface area contributed by atoms with Crippen molar-refractivity contribution in [2.75, 3.05) is 6.61 Å². The van der Waals surface area contributed by atoms with Crippen LogP contribution < -0.4 is 5.43 Å². The molecule has 0 unspecified atom stereocenters. The highest BCUT2D eigenvalue weighted by atomic mass is 16.5. The second-order valence-corrected chi connectivity index (χ2v) is 3.12. The molecule has 0 fully saturated rings. The third-order valence-corrected chi connectivity index (χ3v) is 2.05. The van der Waals surface area contributed by atoms with E-state index in [2.05, 4.69) is 6.07 Å². The molecule has 4 nitrogen and oxygen atoms in total. The Morgan fingerprint density at radius 1 is 1.56 bits per heavy atom. The number of carbonyl (C=O) groups excluding carboxylic acids is 1. The largest absolute Gasteiger partial charge is 0.460 e. The summed E-state index contributed by atoms with van der Waals surface area (Å²) in [5, 5.41) is 0.423. The lowest BCUT2D eigenvalue weighted by Crippen LogP contribution is -2.09. The van der Waals surface area contributed by atoms with E-state index in [1.54, 1.807) is 19.1 Å². The van der Waals surface area contributed by atoms with Crippen molar-refractivity contribution in [2.45, 2.75) is 6.92 Å². The summed E-state index contributed by atoms with van der Waals surface area (Å²) in [6, 6.07) is 8.64. The average Bonchev–Trinajstić information content (AvgIpc) is 2.29. The van der Waals surface area contributed by atoms with Gasteiger partial charge in [0.1, 0.15) is 5.58 Å². The minimum atomic E-state index is -0.634. The predicted octanol–water partition coefficient (Wildman–Crippen LogP) is 1.77. The van der Waals surface area contributed by atoms with Gasteiger partial charge >= 0.3 is 5.97 Å². The van der Waals surface area contributed by atoms with Gasteiger partial charge in [0.2, 0.25) is 5.76 Å². The molecule has 2 aromatic rings. The van der Waals surface area contributed by atoms with Gasteiger partial charge in [0.15, 0.2) is 5.43 Å². The lowest BCUT2D eigenvalue weighted by molar-refractivity contribution is 0.0490. The summed E-state index contributed by atoms with van der Waals surface area (Å²) >= 11 is 0. The summed E-state index contributed by atoms with van der Waals surface area (Å²) in [7, 11) is 0. The molecule has 0 aliphatic rings. The number of fused-ring (bicyclic) bond motifs is 1. The molecule has 0 N–H and O–H groups in total. The van der Waals surface area contributed by atoms with Gasteiger partial charge in [0.25, 0.3) is 0 Å². The van der Waals surface area contributed by atoms with Crippen LogP contribution in [0.5, 0.6) is 0 Å². The molecule has 2 rings (SSSR count). The summed E-state index contributed by atoms with van der Waals surface area (Å²) in [5.74, 6) is -0.718. The van der Waals surface area contributed by atoms with Gasteiger partial charge in [0, 0.05) is 6.07 Å². The van der Waals surface area contributed by atoms with Crippen LogP contribution in [-0.2, 0) is 4.74 Å². The van der Waals surface area contributed by atoms with Crippen LogP contribution in [0.2, 0.25) is 0 Å². The van der Waals surface area contributed by atoms with E-state index < -0.39 is 5.97 Å². The Kier molecular flexibility index (Phi) is 2.72. The monoisotopic (exact) mass is 217 g/mol. The zero-order valence-electron chi connectivity index (χ0n) is 8.65. The van der Waals surface area contributed by atoms with Crippen LogP contribution >= 0.6 is 0 Å². The third-order valence-electron chi connectivity index (χ3n) is 2.05. The number of hydrogen-bond donors (Lipinski definition) is 0. The van der Waals surface area contributed by atoms with Crippen LogP contribution in [-0.4, -0.2) is 12.6 Å². The first kappa shape index (κ1) is 10.4. The van der Waals surface area contributed by atoms with Crippen LogP contribution in [0.15, 0.2) is 33.5 Å². The van der Waals surface area contributed by atoms with Crippen LogP contribution in [0.1, 0.15) is 17.5 Å². The number of carbonyl (C=O) groups is 1. The molecule has 0 aliphatic carbocycles. The number of benzene rings is 1. The van der Waals surface area contributed by atoms with Crippen LogP contribution in [0, 0.1) is 6.07 Å². The van der Waals surface area contributed by atoms with Crippen LogP contribution in [0.3, 0.4) is 0 Å². The summed E-state index contributed by atoms with van der Waals surface area (Å²) in [6.07, 6.45) is 0. The van der Waals surface area contributed by atoms with Crippen molar-refractivity contribution in [3.05, 3.63) is 46.3 Å². The first-order chi connectivity index (χ1) is 7.72. The molecule has 1 aromatic heterocycles. The van der Waals surface area contributed by atoms with Gasteiger partial charge in [0.05, 0.1) is 12.0 Å². The molecule has 0 spiro atoms. The standard InChI is InChI=1S/C12H9O4/c1-2-15-12(14)11-7-9(13)8-5-3-4-6-10(8)16-11/h3,5-7H,2H2,1H3. The zero-order valence-corrected chi connectivity index (χ0v) is 8.65. The number of hydrogen-bond acceptors (Lipinski definition) is 4. The topological polar surface area (TPSA) is 56.5 Å². The molecule has 1 heterocycles. The molecule has 4 heteroatoms. The van der Waals surface area contributed by atoms with E-state index in [1.165, 1.54) is 6.07 Å². The molecule has 1 aromatic carbocycles. The van der Waals surface area contributed by atoms with Crippen molar-refractivity contribution in [1.29, 1.82) is 0 Å². The Hall–Kier alpha value is -2.10. The fourth-order valence-electron chi connectivity index (χ4n) is 1.35. The van der Waals surface area contributed by atoms with E-state index in [4.69, 9.17) is 9.15 Å². The van der Waals surface area contributed by atoms with Gasteiger partial charge in [-0.2, -0.15) is 0 Å². The molecule has 1 radical (unpaired) electrons. The van der Waals surface area contributed by atoms with Gasteiger partial charge in [-0.05, 0) is 25.1 Å². The smallest absolute Gasteiger partial charge is 0.374 e. The van der Waals surface area contributed by atoms with Gasteiger partial charge in [-0.15, -0.1) is 0 Å². The van der Waals surface area contributed by atoms with Crippen molar-refractivity contribution >= 4 is 16.9 Å². The van der Waals surface area contributed by atoms with Crippen LogP contribution in [0.4, 0.5) is 0 Å². The highest BCUT2D eigenvalue weighted by Crippen LogP contribution is 2.11. The van der Waals surface area contributed by atoms with Crippen molar-refractivity contribution in [1.82, 2.24) is 0 Å². The highest BCUT2D eigenvalue weighted by Gasteiger charge is 2.12. The van der Waals surface area contributed by atoms with E-state index in [0.29, 0.717) is 11.0 Å². The first-order valence-electron chi connectivity index (χ1n) is 4.83. The number of esters is 1. The Bertz CT molecular complexity index is 583. The lowest BCUT2D eigenvalue weighted by Gasteiger charge is -2.01. The van der Waals surface area contributed by atoms with E-state index in [1.807, 2.05) is 0 Å². The Labute approximate surface area is 91.4 Å². The number of rotatable bonds is 2. The Balaban J connectivity index is 2.58. The maximum absolute atomic E-state index is 11.6. The molecule has 0 bridgehead atoms. The van der Waals surface area contributed by atoms with Crippen molar-refractivity contribution in [3.63, 3.8) is 0 Å². The third kappa shape index (κ3) is 1.82. The van der Waals surface area contributed by atoms with Gasteiger partial charge in [-0.1, -0.05) is 6.07 Å². The van der Waals surface area contributed by atoms with Crippen molar-refractivity contribution in [3.8, 4) is 0 Å². The molecule has 0 atom stereocenters. The predicted molar refractivity (Wildman–Crippen MR) is 57.3 cm³/mol. The summed E-state index contributed by atoms with van der Waals surface area (Å²) in [5.41, 5.74) is 0.0661. The van der Waals surface area contributed by atoms with E-state index in [9.17, 15) is 9.59 Å². The fourth-order valence-corrected chi connectivity index (χ4v) is 1.35. The van der Waals surface area contributed by atoms with Crippen molar-refractivity contribution < 1.29 is 13.9 Å². The normalized spacial score (nSPS) is 10.3. The molecule has 0 saturated carbocycles. The van der Waals surface area contributed by atoms with Gasteiger partial charge < -0.3 is 9.15 Å². The molecule has 0 amide bonds.